The van der Waals surface area contributed by atoms with Crippen molar-refractivity contribution in [2.45, 2.75) is 27.7 Å². The minimum atomic E-state index is -1.44. The predicted molar refractivity (Wildman–Crippen MR) is 98.0 cm³/mol. The molecule has 0 fully saturated rings. The highest BCUT2D eigenvalue weighted by Crippen LogP contribution is 2.27. The van der Waals surface area contributed by atoms with Gasteiger partial charge in [0.2, 0.25) is 11.8 Å². The van der Waals surface area contributed by atoms with Gasteiger partial charge >= 0.3 is 0 Å². The van der Waals surface area contributed by atoms with Crippen molar-refractivity contribution in [2.75, 3.05) is 16.8 Å². The second-order valence-corrected chi connectivity index (χ2v) is 6.59. The summed E-state index contributed by atoms with van der Waals surface area (Å²) in [5.74, 6) is -2.72. The Morgan fingerprint density at radius 3 is 2.38 bits per heavy atom. The van der Waals surface area contributed by atoms with Crippen LogP contribution >= 0.6 is 0 Å². The quantitative estimate of drug-likeness (QED) is 0.809. The lowest BCUT2D eigenvalue weighted by Gasteiger charge is -2.30. The molecule has 2 aromatic rings. The Bertz CT molecular complexity index is 834. The van der Waals surface area contributed by atoms with Crippen molar-refractivity contribution in [3.05, 3.63) is 59.7 Å². The summed E-state index contributed by atoms with van der Waals surface area (Å²) in [5, 5.41) is 2.37. The van der Waals surface area contributed by atoms with Crippen LogP contribution in [0, 0.1) is 24.0 Å². The lowest BCUT2D eigenvalue weighted by atomic mass is 9.89. The Balaban J connectivity index is 2.25. The van der Waals surface area contributed by atoms with Crippen LogP contribution in [-0.4, -0.2) is 18.4 Å². The topological polar surface area (TPSA) is 49.4 Å². The van der Waals surface area contributed by atoms with E-state index in [1.165, 1.54) is 18.7 Å². The van der Waals surface area contributed by atoms with E-state index in [1.807, 2.05) is 32.0 Å². The van der Waals surface area contributed by atoms with Crippen molar-refractivity contribution in [2.24, 2.45) is 5.41 Å². The molecular formula is C20H22F2N2O2. The summed E-state index contributed by atoms with van der Waals surface area (Å²) in [7, 11) is 0. The molecule has 26 heavy (non-hydrogen) atoms. The summed E-state index contributed by atoms with van der Waals surface area (Å²) in [4.78, 5) is 27.1. The first-order valence-electron chi connectivity index (χ1n) is 8.32. The molecular weight excluding hydrogens is 338 g/mol. The Morgan fingerprint density at radius 2 is 1.81 bits per heavy atom. The predicted octanol–water partition coefficient (Wildman–Crippen LogP) is 4.29. The van der Waals surface area contributed by atoms with Gasteiger partial charge in [0.1, 0.15) is 17.0 Å². The van der Waals surface area contributed by atoms with E-state index in [0.29, 0.717) is 18.3 Å². The first-order chi connectivity index (χ1) is 12.2. The Morgan fingerprint density at radius 1 is 1.12 bits per heavy atom. The van der Waals surface area contributed by atoms with E-state index in [2.05, 4.69) is 5.32 Å². The molecule has 0 unspecified atom stereocenters. The van der Waals surface area contributed by atoms with Crippen LogP contribution in [0.2, 0.25) is 0 Å². The summed E-state index contributed by atoms with van der Waals surface area (Å²) in [6.07, 6.45) is 0. The van der Waals surface area contributed by atoms with Crippen molar-refractivity contribution in [1.29, 1.82) is 0 Å². The zero-order valence-corrected chi connectivity index (χ0v) is 15.3. The molecule has 0 aliphatic rings. The summed E-state index contributed by atoms with van der Waals surface area (Å²) in [6.45, 7) is 7.06. The molecule has 0 saturated carbocycles. The molecule has 0 bridgehead atoms. The molecule has 2 rings (SSSR count). The van der Waals surface area contributed by atoms with Gasteiger partial charge in [-0.05, 0) is 57.5 Å². The fourth-order valence-corrected chi connectivity index (χ4v) is 2.54. The zero-order chi connectivity index (χ0) is 19.5. The van der Waals surface area contributed by atoms with Gasteiger partial charge in [-0.25, -0.2) is 8.78 Å². The third-order valence-corrected chi connectivity index (χ3v) is 4.16. The molecule has 0 aliphatic heterocycles. The van der Waals surface area contributed by atoms with Crippen LogP contribution in [0.15, 0.2) is 42.5 Å². The zero-order valence-electron chi connectivity index (χ0n) is 15.3. The molecule has 0 aromatic heterocycles. The summed E-state index contributed by atoms with van der Waals surface area (Å²) >= 11 is 0. The van der Waals surface area contributed by atoms with Crippen LogP contribution in [0.5, 0.6) is 0 Å². The average Bonchev–Trinajstić information content (AvgIpc) is 2.58. The lowest BCUT2D eigenvalue weighted by Crippen LogP contribution is -2.47. The highest BCUT2D eigenvalue weighted by molar-refractivity contribution is 6.14. The van der Waals surface area contributed by atoms with Crippen LogP contribution in [-0.2, 0) is 9.59 Å². The number of carbonyl (C=O) groups is 2. The SMILES string of the molecule is CCN(C(=O)C(C)(C)C(=O)Nc1ccc(F)cc1F)c1cccc(C)c1. The molecule has 0 radical (unpaired) electrons. The fourth-order valence-electron chi connectivity index (χ4n) is 2.54. The van der Waals surface area contributed by atoms with Crippen LogP contribution in [0.3, 0.4) is 0 Å². The van der Waals surface area contributed by atoms with Crippen molar-refractivity contribution in [3.63, 3.8) is 0 Å². The first kappa shape index (κ1) is 19.6. The maximum atomic E-state index is 13.8. The highest BCUT2D eigenvalue weighted by Gasteiger charge is 2.39. The molecule has 4 nitrogen and oxygen atoms in total. The number of aryl methyl sites for hydroxylation is 1. The molecule has 6 heteroatoms. The number of hydrogen-bond donors (Lipinski definition) is 1. The molecule has 0 aliphatic carbocycles. The number of carbonyl (C=O) groups excluding carboxylic acids is 2. The van der Waals surface area contributed by atoms with Crippen LogP contribution < -0.4 is 10.2 Å². The number of hydrogen-bond acceptors (Lipinski definition) is 2. The number of anilines is 2. The van der Waals surface area contributed by atoms with Crippen molar-refractivity contribution in [3.8, 4) is 0 Å². The van der Waals surface area contributed by atoms with Gasteiger partial charge in [-0.15, -0.1) is 0 Å². The number of halogens is 2. The van der Waals surface area contributed by atoms with Gasteiger partial charge in [-0.2, -0.15) is 0 Å². The van der Waals surface area contributed by atoms with Crippen molar-refractivity contribution < 1.29 is 18.4 Å². The minimum absolute atomic E-state index is 0.170. The van der Waals surface area contributed by atoms with Gasteiger partial charge in [-0.1, -0.05) is 12.1 Å². The maximum Gasteiger partial charge on any atom is 0.242 e. The number of amides is 2. The minimum Gasteiger partial charge on any atom is -0.323 e. The average molecular weight is 360 g/mol. The fraction of sp³-hybridized carbons (Fsp3) is 0.300. The van der Waals surface area contributed by atoms with Crippen molar-refractivity contribution in [1.82, 2.24) is 0 Å². The largest absolute Gasteiger partial charge is 0.323 e. The van der Waals surface area contributed by atoms with Crippen LogP contribution in [0.4, 0.5) is 20.2 Å². The molecule has 0 saturated heterocycles. The molecule has 0 spiro atoms. The maximum absolute atomic E-state index is 13.8. The molecule has 2 amide bonds. The second-order valence-electron chi connectivity index (χ2n) is 6.59. The Kier molecular flexibility index (Phi) is 5.75. The van der Waals surface area contributed by atoms with E-state index in [4.69, 9.17) is 0 Å². The van der Waals surface area contributed by atoms with Gasteiger partial charge in [0, 0.05) is 18.3 Å². The van der Waals surface area contributed by atoms with Crippen LogP contribution in [0.1, 0.15) is 26.3 Å². The Labute approximate surface area is 151 Å². The molecule has 138 valence electrons. The summed E-state index contributed by atoms with van der Waals surface area (Å²) in [5.41, 5.74) is 0.0623. The standard InChI is InChI=1S/C20H22F2N2O2/c1-5-24(15-8-6-7-13(2)11-15)19(26)20(3,4)18(25)23-17-10-9-14(21)12-16(17)22/h6-12H,5H2,1-4H3,(H,23,25). The third kappa shape index (κ3) is 4.07. The molecule has 1 N–H and O–H groups in total. The Hall–Kier alpha value is -2.76. The normalized spacial score (nSPS) is 11.2. The molecule has 2 aromatic carbocycles. The number of benzene rings is 2. The van der Waals surface area contributed by atoms with E-state index < -0.39 is 28.9 Å². The van der Waals surface area contributed by atoms with Gasteiger partial charge in [-0.3, -0.25) is 9.59 Å². The number of nitrogens with zero attached hydrogens (tertiary/aromatic N) is 1. The van der Waals surface area contributed by atoms with Crippen molar-refractivity contribution >= 4 is 23.2 Å². The van der Waals surface area contributed by atoms with Crippen LogP contribution in [0.25, 0.3) is 0 Å². The van der Waals surface area contributed by atoms with Gasteiger partial charge in [0.15, 0.2) is 0 Å². The first-order valence-corrected chi connectivity index (χ1v) is 8.32. The molecule has 0 atom stereocenters. The number of rotatable bonds is 5. The van der Waals surface area contributed by atoms with Gasteiger partial charge < -0.3 is 10.2 Å². The monoisotopic (exact) mass is 360 g/mol. The highest BCUT2D eigenvalue weighted by atomic mass is 19.1. The third-order valence-electron chi connectivity index (χ3n) is 4.16. The van der Waals surface area contributed by atoms with E-state index in [0.717, 1.165) is 17.7 Å². The molecule has 0 heterocycles. The summed E-state index contributed by atoms with van der Waals surface area (Å²) < 4.78 is 26.8. The second kappa shape index (κ2) is 7.64. The van der Waals surface area contributed by atoms with Gasteiger partial charge in [0.25, 0.3) is 0 Å². The van der Waals surface area contributed by atoms with E-state index >= 15 is 0 Å². The number of nitrogens with one attached hydrogen (secondary N) is 1. The van der Waals surface area contributed by atoms with Gasteiger partial charge in [0.05, 0.1) is 5.69 Å². The summed E-state index contributed by atoms with van der Waals surface area (Å²) in [6, 6.07) is 10.2. The smallest absolute Gasteiger partial charge is 0.242 e. The van der Waals surface area contributed by atoms with E-state index in [9.17, 15) is 18.4 Å². The lowest BCUT2D eigenvalue weighted by molar-refractivity contribution is -0.136. The van der Waals surface area contributed by atoms with E-state index in [-0.39, 0.29) is 5.69 Å². The van der Waals surface area contributed by atoms with E-state index in [1.54, 1.807) is 6.07 Å².